The first-order valence-corrected chi connectivity index (χ1v) is 5.65. The summed E-state index contributed by atoms with van der Waals surface area (Å²) >= 11 is 0. The van der Waals surface area contributed by atoms with Crippen LogP contribution in [0.1, 0.15) is 33.6 Å². The second kappa shape index (κ2) is 5.61. The van der Waals surface area contributed by atoms with Gasteiger partial charge in [0.25, 0.3) is 0 Å². The quantitative estimate of drug-likeness (QED) is 0.820. The van der Waals surface area contributed by atoms with Gasteiger partial charge >= 0.3 is 5.97 Å². The lowest BCUT2D eigenvalue weighted by molar-refractivity contribution is -0.138. The van der Waals surface area contributed by atoms with Crippen LogP contribution in [-0.2, 0) is 4.79 Å². The third-order valence-corrected chi connectivity index (χ3v) is 2.35. The van der Waals surface area contributed by atoms with E-state index in [9.17, 15) is 4.79 Å². The SMILES string of the molecule is CC(C)(C)CC[C@H](Nc1ncccn1)C(=O)O. The minimum Gasteiger partial charge on any atom is -0.480 e. The van der Waals surface area contributed by atoms with E-state index < -0.39 is 12.0 Å². The van der Waals surface area contributed by atoms with Gasteiger partial charge in [0.15, 0.2) is 0 Å². The first kappa shape index (κ1) is 13.4. The number of anilines is 1. The molecule has 94 valence electrons. The highest BCUT2D eigenvalue weighted by molar-refractivity contribution is 5.76. The molecule has 0 radical (unpaired) electrons. The van der Waals surface area contributed by atoms with Gasteiger partial charge in [-0.05, 0) is 24.3 Å². The fourth-order valence-electron chi connectivity index (χ4n) is 1.36. The Bertz CT molecular complexity index is 360. The number of carboxylic acids is 1. The van der Waals surface area contributed by atoms with Gasteiger partial charge in [-0.3, -0.25) is 0 Å². The number of nitrogens with zero attached hydrogens (tertiary/aromatic N) is 2. The van der Waals surface area contributed by atoms with E-state index in [1.807, 2.05) is 0 Å². The second-order valence-corrected chi connectivity index (χ2v) is 5.21. The van der Waals surface area contributed by atoms with Crippen LogP contribution in [0.4, 0.5) is 5.95 Å². The number of nitrogens with one attached hydrogen (secondary N) is 1. The average molecular weight is 237 g/mol. The topological polar surface area (TPSA) is 75.1 Å². The van der Waals surface area contributed by atoms with Gasteiger partial charge in [0.05, 0.1) is 0 Å². The Balaban J connectivity index is 2.59. The molecule has 0 aliphatic heterocycles. The van der Waals surface area contributed by atoms with Crippen molar-refractivity contribution in [1.29, 1.82) is 0 Å². The first-order valence-electron chi connectivity index (χ1n) is 5.65. The maximum atomic E-state index is 11.1. The predicted octanol–water partition coefficient (Wildman–Crippen LogP) is 2.17. The van der Waals surface area contributed by atoms with Crippen LogP contribution < -0.4 is 5.32 Å². The van der Waals surface area contributed by atoms with Crippen LogP contribution in [-0.4, -0.2) is 27.1 Å². The Morgan fingerprint density at radius 2 is 2.00 bits per heavy atom. The van der Waals surface area contributed by atoms with Crippen molar-refractivity contribution < 1.29 is 9.90 Å². The Hall–Kier alpha value is -1.65. The predicted molar refractivity (Wildman–Crippen MR) is 65.8 cm³/mol. The molecular weight excluding hydrogens is 218 g/mol. The van der Waals surface area contributed by atoms with E-state index in [2.05, 4.69) is 36.1 Å². The number of rotatable bonds is 5. The van der Waals surface area contributed by atoms with E-state index in [1.54, 1.807) is 18.5 Å². The van der Waals surface area contributed by atoms with Gasteiger partial charge in [-0.2, -0.15) is 0 Å². The van der Waals surface area contributed by atoms with Crippen molar-refractivity contribution in [2.45, 2.75) is 39.7 Å². The van der Waals surface area contributed by atoms with Gasteiger partial charge < -0.3 is 10.4 Å². The van der Waals surface area contributed by atoms with Crippen LogP contribution in [0.5, 0.6) is 0 Å². The van der Waals surface area contributed by atoms with Crippen LogP contribution >= 0.6 is 0 Å². The molecule has 2 N–H and O–H groups in total. The number of aliphatic carboxylic acids is 1. The Kier molecular flexibility index (Phi) is 4.43. The lowest BCUT2D eigenvalue weighted by Gasteiger charge is -2.21. The monoisotopic (exact) mass is 237 g/mol. The highest BCUT2D eigenvalue weighted by Crippen LogP contribution is 2.22. The molecule has 0 amide bonds. The molecule has 0 saturated carbocycles. The third-order valence-electron chi connectivity index (χ3n) is 2.35. The summed E-state index contributed by atoms with van der Waals surface area (Å²) in [5.74, 6) is -0.518. The van der Waals surface area contributed by atoms with E-state index in [-0.39, 0.29) is 5.41 Å². The Morgan fingerprint density at radius 1 is 1.41 bits per heavy atom. The molecule has 1 aromatic rings. The number of carboxylic acid groups (broad SMARTS) is 1. The second-order valence-electron chi connectivity index (χ2n) is 5.21. The maximum Gasteiger partial charge on any atom is 0.326 e. The molecule has 1 aromatic heterocycles. The molecule has 0 aromatic carbocycles. The number of carbonyl (C=O) groups is 1. The lowest BCUT2D eigenvalue weighted by Crippen LogP contribution is -2.31. The highest BCUT2D eigenvalue weighted by Gasteiger charge is 2.21. The molecule has 5 heteroatoms. The van der Waals surface area contributed by atoms with Crippen LogP contribution in [0.15, 0.2) is 18.5 Å². The van der Waals surface area contributed by atoms with Crippen molar-refractivity contribution in [1.82, 2.24) is 9.97 Å². The summed E-state index contributed by atoms with van der Waals surface area (Å²) in [6, 6.07) is 1.05. The van der Waals surface area contributed by atoms with E-state index in [0.717, 1.165) is 6.42 Å². The molecule has 0 aliphatic carbocycles. The van der Waals surface area contributed by atoms with Gasteiger partial charge in [0.1, 0.15) is 6.04 Å². The summed E-state index contributed by atoms with van der Waals surface area (Å²) in [5, 5.41) is 11.9. The summed E-state index contributed by atoms with van der Waals surface area (Å²) in [6.45, 7) is 6.26. The number of aromatic nitrogens is 2. The van der Waals surface area contributed by atoms with E-state index in [0.29, 0.717) is 12.4 Å². The Labute approximate surface area is 101 Å². The van der Waals surface area contributed by atoms with Gasteiger partial charge in [-0.15, -0.1) is 0 Å². The third kappa shape index (κ3) is 5.29. The smallest absolute Gasteiger partial charge is 0.326 e. The van der Waals surface area contributed by atoms with Gasteiger partial charge in [-0.25, -0.2) is 14.8 Å². The number of hydrogen-bond donors (Lipinski definition) is 2. The summed E-state index contributed by atoms with van der Waals surface area (Å²) in [7, 11) is 0. The van der Waals surface area contributed by atoms with E-state index in [4.69, 9.17) is 5.11 Å². The van der Waals surface area contributed by atoms with Crippen LogP contribution in [0, 0.1) is 5.41 Å². The van der Waals surface area contributed by atoms with Crippen molar-refractivity contribution >= 4 is 11.9 Å². The maximum absolute atomic E-state index is 11.1. The minimum absolute atomic E-state index is 0.118. The van der Waals surface area contributed by atoms with E-state index in [1.165, 1.54) is 0 Å². The fourth-order valence-corrected chi connectivity index (χ4v) is 1.36. The number of hydrogen-bond acceptors (Lipinski definition) is 4. The normalized spacial score (nSPS) is 13.1. The molecule has 0 aliphatic rings. The van der Waals surface area contributed by atoms with Crippen molar-refractivity contribution in [2.75, 3.05) is 5.32 Å². The van der Waals surface area contributed by atoms with Crippen LogP contribution in [0.3, 0.4) is 0 Å². The van der Waals surface area contributed by atoms with E-state index >= 15 is 0 Å². The summed E-state index contributed by atoms with van der Waals surface area (Å²) < 4.78 is 0. The molecule has 17 heavy (non-hydrogen) atoms. The lowest BCUT2D eigenvalue weighted by atomic mass is 9.89. The van der Waals surface area contributed by atoms with Crippen LogP contribution in [0.2, 0.25) is 0 Å². The molecule has 0 spiro atoms. The summed E-state index contributed by atoms with van der Waals surface area (Å²) in [4.78, 5) is 19.0. The zero-order chi connectivity index (χ0) is 12.9. The van der Waals surface area contributed by atoms with Crippen molar-refractivity contribution in [3.8, 4) is 0 Å². The van der Waals surface area contributed by atoms with Crippen molar-refractivity contribution in [3.05, 3.63) is 18.5 Å². The van der Waals surface area contributed by atoms with Crippen molar-refractivity contribution in [3.63, 3.8) is 0 Å². The molecule has 0 bridgehead atoms. The molecule has 0 unspecified atom stereocenters. The molecular formula is C12H19N3O2. The highest BCUT2D eigenvalue weighted by atomic mass is 16.4. The molecule has 0 saturated heterocycles. The molecule has 1 rings (SSSR count). The summed E-state index contributed by atoms with van der Waals surface area (Å²) in [5.41, 5.74) is 0.118. The van der Waals surface area contributed by atoms with Gasteiger partial charge in [-0.1, -0.05) is 20.8 Å². The molecule has 1 heterocycles. The Morgan fingerprint density at radius 3 is 2.47 bits per heavy atom. The summed E-state index contributed by atoms with van der Waals surface area (Å²) in [6.07, 6.45) is 4.54. The molecule has 5 nitrogen and oxygen atoms in total. The minimum atomic E-state index is -0.873. The molecule has 1 atom stereocenters. The van der Waals surface area contributed by atoms with Gasteiger partial charge in [0.2, 0.25) is 5.95 Å². The average Bonchev–Trinajstić information content (AvgIpc) is 2.24. The largest absolute Gasteiger partial charge is 0.480 e. The first-order chi connectivity index (χ1) is 7.88. The molecule has 0 fully saturated rings. The van der Waals surface area contributed by atoms with Crippen LogP contribution in [0.25, 0.3) is 0 Å². The standard InChI is InChI=1S/C12H19N3O2/c1-12(2,3)6-5-9(10(16)17)15-11-13-7-4-8-14-11/h4,7-9H,5-6H2,1-3H3,(H,16,17)(H,13,14,15)/t9-/m0/s1. The fraction of sp³-hybridized carbons (Fsp3) is 0.583. The zero-order valence-corrected chi connectivity index (χ0v) is 10.5. The van der Waals surface area contributed by atoms with Gasteiger partial charge in [0, 0.05) is 12.4 Å². The van der Waals surface area contributed by atoms with Crippen molar-refractivity contribution in [2.24, 2.45) is 5.41 Å². The zero-order valence-electron chi connectivity index (χ0n) is 10.5.